The van der Waals surface area contributed by atoms with Gasteiger partial charge in [0.25, 0.3) is 0 Å². The lowest BCUT2D eigenvalue weighted by molar-refractivity contribution is -0.149. The quantitative estimate of drug-likeness (QED) is 0.441. The Morgan fingerprint density at radius 1 is 1.14 bits per heavy atom. The second-order valence-electron chi connectivity index (χ2n) is 3.77. The van der Waals surface area contributed by atoms with Crippen molar-refractivity contribution in [2.24, 2.45) is 0 Å². The lowest BCUT2D eigenvalue weighted by Crippen LogP contribution is -2.17. The van der Waals surface area contributed by atoms with Crippen LogP contribution in [0.25, 0.3) is 0 Å². The number of carbonyl (C=O) groups excluding carboxylic acids is 1. The second-order valence-corrected chi connectivity index (χ2v) is 3.77. The third-order valence-electron chi connectivity index (χ3n) is 2.34. The fourth-order valence-corrected chi connectivity index (χ4v) is 1.42. The van der Waals surface area contributed by atoms with Gasteiger partial charge >= 0.3 is 5.97 Å². The maximum atomic E-state index is 11.2. The maximum Gasteiger partial charge on any atom is 0.306 e. The predicted octanol–water partition coefficient (Wildman–Crippen LogP) is 3.69. The molecule has 0 heterocycles. The molecule has 0 amide bonds. The molecule has 14 heavy (non-hydrogen) atoms. The van der Waals surface area contributed by atoms with Crippen LogP contribution in [0.5, 0.6) is 0 Å². The third-order valence-corrected chi connectivity index (χ3v) is 2.34. The van der Waals surface area contributed by atoms with Crippen molar-refractivity contribution < 1.29 is 9.53 Å². The molecule has 0 saturated carbocycles. The van der Waals surface area contributed by atoms with Crippen molar-refractivity contribution in [3.63, 3.8) is 0 Å². The average molecular weight is 200 g/mol. The average Bonchev–Trinajstić information content (AvgIpc) is 2.17. The molecule has 0 bridgehead atoms. The van der Waals surface area contributed by atoms with Gasteiger partial charge in [0.15, 0.2) is 0 Å². The highest BCUT2D eigenvalue weighted by Gasteiger charge is 2.10. The van der Waals surface area contributed by atoms with Gasteiger partial charge in [-0.15, -0.1) is 0 Å². The largest absolute Gasteiger partial charge is 0.462 e. The lowest BCUT2D eigenvalue weighted by Gasteiger charge is -2.15. The summed E-state index contributed by atoms with van der Waals surface area (Å²) in [5.74, 6) is -0.0316. The third kappa shape index (κ3) is 6.93. The van der Waals surface area contributed by atoms with Crippen molar-refractivity contribution in [3.8, 4) is 0 Å². The number of hydrogen-bond donors (Lipinski definition) is 0. The van der Waals surface area contributed by atoms with E-state index in [1.54, 1.807) is 0 Å². The molecule has 0 radical (unpaired) electrons. The zero-order chi connectivity index (χ0) is 10.8. The lowest BCUT2D eigenvalue weighted by atomic mass is 10.1. The van der Waals surface area contributed by atoms with E-state index < -0.39 is 0 Å². The summed E-state index contributed by atoms with van der Waals surface area (Å²) in [6, 6.07) is 0. The normalized spacial score (nSPS) is 12.5. The molecule has 0 unspecified atom stereocenters. The first-order chi connectivity index (χ1) is 6.74. The van der Waals surface area contributed by atoms with E-state index in [9.17, 15) is 4.79 Å². The molecule has 2 nitrogen and oxygen atoms in total. The van der Waals surface area contributed by atoms with Crippen LogP contribution >= 0.6 is 0 Å². The van der Waals surface area contributed by atoms with Crippen LogP contribution in [0.4, 0.5) is 0 Å². The van der Waals surface area contributed by atoms with Crippen LogP contribution in [0.1, 0.15) is 65.7 Å². The van der Waals surface area contributed by atoms with Crippen LogP contribution in [-0.4, -0.2) is 12.1 Å². The van der Waals surface area contributed by atoms with Gasteiger partial charge < -0.3 is 4.74 Å². The molecule has 0 saturated heterocycles. The topological polar surface area (TPSA) is 26.3 Å². The van der Waals surface area contributed by atoms with Crippen molar-refractivity contribution in [2.45, 2.75) is 71.8 Å². The molecular formula is C12H24O2. The van der Waals surface area contributed by atoms with Crippen LogP contribution in [0.2, 0.25) is 0 Å². The van der Waals surface area contributed by atoms with Gasteiger partial charge in [-0.1, -0.05) is 33.6 Å². The van der Waals surface area contributed by atoms with Gasteiger partial charge in [0.05, 0.1) is 0 Å². The first-order valence-corrected chi connectivity index (χ1v) is 5.94. The van der Waals surface area contributed by atoms with E-state index in [0.717, 1.165) is 19.3 Å². The van der Waals surface area contributed by atoms with E-state index in [1.165, 1.54) is 19.3 Å². The zero-order valence-corrected chi connectivity index (χ0v) is 9.84. The Balaban J connectivity index is 3.61. The van der Waals surface area contributed by atoms with Crippen LogP contribution in [0.15, 0.2) is 0 Å². The summed E-state index contributed by atoms with van der Waals surface area (Å²) in [6.07, 6.45) is 7.20. The first-order valence-electron chi connectivity index (χ1n) is 5.94. The van der Waals surface area contributed by atoms with Crippen LogP contribution in [-0.2, 0) is 9.53 Å². The van der Waals surface area contributed by atoms with E-state index in [0.29, 0.717) is 6.42 Å². The van der Waals surface area contributed by atoms with Gasteiger partial charge in [0.2, 0.25) is 0 Å². The molecule has 0 spiro atoms. The SMILES string of the molecule is CCCCC[C@@H](CC)OC(=O)CCC. The molecule has 1 atom stereocenters. The fourth-order valence-electron chi connectivity index (χ4n) is 1.42. The van der Waals surface area contributed by atoms with Crippen LogP contribution in [0, 0.1) is 0 Å². The van der Waals surface area contributed by atoms with Gasteiger partial charge in [0.1, 0.15) is 6.10 Å². The Hall–Kier alpha value is -0.530. The number of ether oxygens (including phenoxy) is 1. The summed E-state index contributed by atoms with van der Waals surface area (Å²) >= 11 is 0. The predicted molar refractivity (Wildman–Crippen MR) is 59.2 cm³/mol. The molecule has 0 aliphatic rings. The zero-order valence-electron chi connectivity index (χ0n) is 9.84. The standard InChI is InChI=1S/C12H24O2/c1-4-7-8-10-11(6-3)14-12(13)9-5-2/h11H,4-10H2,1-3H3/t11-/m1/s1. The number of hydrogen-bond acceptors (Lipinski definition) is 2. The van der Waals surface area contributed by atoms with Crippen molar-refractivity contribution in [1.82, 2.24) is 0 Å². The van der Waals surface area contributed by atoms with Crippen LogP contribution in [0.3, 0.4) is 0 Å². The van der Waals surface area contributed by atoms with E-state index in [-0.39, 0.29) is 12.1 Å². The highest BCUT2D eigenvalue weighted by molar-refractivity contribution is 5.69. The summed E-state index contributed by atoms with van der Waals surface area (Å²) in [5.41, 5.74) is 0. The van der Waals surface area contributed by atoms with Gasteiger partial charge in [-0.3, -0.25) is 4.79 Å². The number of rotatable bonds is 8. The van der Waals surface area contributed by atoms with Gasteiger partial charge in [-0.05, 0) is 25.7 Å². The van der Waals surface area contributed by atoms with Crippen LogP contribution < -0.4 is 0 Å². The minimum Gasteiger partial charge on any atom is -0.462 e. The molecule has 0 fully saturated rings. The molecule has 0 rings (SSSR count). The second kappa shape index (κ2) is 9.04. The first kappa shape index (κ1) is 13.5. The van der Waals surface area contributed by atoms with Crippen molar-refractivity contribution >= 4 is 5.97 Å². The minimum atomic E-state index is -0.0316. The van der Waals surface area contributed by atoms with Crippen molar-refractivity contribution in [2.75, 3.05) is 0 Å². The summed E-state index contributed by atoms with van der Waals surface area (Å²) in [7, 11) is 0. The molecule has 0 aliphatic heterocycles. The smallest absolute Gasteiger partial charge is 0.306 e. The Morgan fingerprint density at radius 2 is 1.86 bits per heavy atom. The van der Waals surface area contributed by atoms with E-state index >= 15 is 0 Å². The molecule has 84 valence electrons. The summed E-state index contributed by atoms with van der Waals surface area (Å²) in [6.45, 7) is 6.26. The van der Waals surface area contributed by atoms with Gasteiger partial charge in [-0.2, -0.15) is 0 Å². The molecule has 0 N–H and O–H groups in total. The number of esters is 1. The highest BCUT2D eigenvalue weighted by atomic mass is 16.5. The number of carbonyl (C=O) groups is 1. The monoisotopic (exact) mass is 200 g/mol. The maximum absolute atomic E-state index is 11.2. The molecule has 0 aliphatic carbocycles. The van der Waals surface area contributed by atoms with E-state index in [4.69, 9.17) is 4.74 Å². The van der Waals surface area contributed by atoms with Crippen molar-refractivity contribution in [3.05, 3.63) is 0 Å². The Morgan fingerprint density at radius 3 is 2.36 bits per heavy atom. The molecule has 2 heteroatoms. The summed E-state index contributed by atoms with van der Waals surface area (Å²) in [5, 5.41) is 0. The molecule has 0 aromatic carbocycles. The summed E-state index contributed by atoms with van der Waals surface area (Å²) in [4.78, 5) is 11.2. The Bertz CT molecular complexity index is 143. The fraction of sp³-hybridized carbons (Fsp3) is 0.917. The van der Waals surface area contributed by atoms with Gasteiger partial charge in [0, 0.05) is 6.42 Å². The van der Waals surface area contributed by atoms with Crippen molar-refractivity contribution in [1.29, 1.82) is 0 Å². The van der Waals surface area contributed by atoms with E-state index in [1.807, 2.05) is 6.92 Å². The number of unbranched alkanes of at least 4 members (excludes halogenated alkanes) is 2. The Labute approximate surface area is 88.0 Å². The van der Waals surface area contributed by atoms with Gasteiger partial charge in [-0.25, -0.2) is 0 Å². The molecule has 0 aromatic rings. The highest BCUT2D eigenvalue weighted by Crippen LogP contribution is 2.11. The summed E-state index contributed by atoms with van der Waals surface area (Å²) < 4.78 is 5.35. The Kier molecular flexibility index (Phi) is 8.70. The van der Waals surface area contributed by atoms with E-state index in [2.05, 4.69) is 13.8 Å². The molecule has 0 aromatic heterocycles. The molecular weight excluding hydrogens is 176 g/mol. The minimum absolute atomic E-state index is 0.0316.